The van der Waals surface area contributed by atoms with Gasteiger partial charge in [-0.2, -0.15) is 5.10 Å². The quantitative estimate of drug-likeness (QED) is 0.534. The Kier molecular flexibility index (Phi) is 5.76. The first-order valence-electron chi connectivity index (χ1n) is 7.86. The van der Waals surface area contributed by atoms with E-state index in [1.54, 1.807) is 0 Å². The van der Waals surface area contributed by atoms with E-state index in [-0.39, 0.29) is 16.7 Å². The zero-order chi connectivity index (χ0) is 20.6. The van der Waals surface area contributed by atoms with Crippen molar-refractivity contribution in [2.45, 2.75) is 26.3 Å². The predicted octanol–water partition coefficient (Wildman–Crippen LogP) is 5.56. The van der Waals surface area contributed by atoms with Crippen molar-refractivity contribution in [3.8, 4) is 0 Å². The van der Waals surface area contributed by atoms with Gasteiger partial charge in [0.15, 0.2) is 5.65 Å². The van der Waals surface area contributed by atoms with E-state index in [4.69, 9.17) is 23.2 Å². The summed E-state index contributed by atoms with van der Waals surface area (Å²) in [6, 6.07) is 5.05. The maximum atomic E-state index is 13.3. The Morgan fingerprint density at radius 3 is 2.32 bits per heavy atom. The Balaban J connectivity index is 1.97. The maximum Gasteiger partial charge on any atom is 0.280 e. The summed E-state index contributed by atoms with van der Waals surface area (Å²) in [7, 11) is 0. The first kappa shape index (κ1) is 20.3. The number of carbonyl (C=O) groups excluding carboxylic acids is 1. The third kappa shape index (κ3) is 4.20. The van der Waals surface area contributed by atoms with Crippen LogP contribution in [0, 0.1) is 6.92 Å². The van der Waals surface area contributed by atoms with Crippen LogP contribution < -0.4 is 5.32 Å². The maximum absolute atomic E-state index is 13.3. The van der Waals surface area contributed by atoms with Crippen LogP contribution in [0.5, 0.6) is 0 Å². The van der Waals surface area contributed by atoms with Crippen molar-refractivity contribution in [1.29, 1.82) is 0 Å². The zero-order valence-electron chi connectivity index (χ0n) is 14.2. The molecule has 1 amide bonds. The minimum Gasteiger partial charge on any atom is -0.324 e. The number of carbonyl (C=O) groups is 1. The normalized spacial score (nSPS) is 11.6. The van der Waals surface area contributed by atoms with Gasteiger partial charge in [0.05, 0.1) is 11.1 Å². The molecule has 2 aromatic heterocycles. The van der Waals surface area contributed by atoms with Crippen LogP contribution in [0.25, 0.3) is 11.0 Å². The number of nitrogens with one attached hydrogen (secondary N) is 1. The van der Waals surface area contributed by atoms with Gasteiger partial charge in [0.2, 0.25) is 5.91 Å². The van der Waals surface area contributed by atoms with Crippen molar-refractivity contribution < 1.29 is 22.4 Å². The van der Waals surface area contributed by atoms with E-state index in [9.17, 15) is 22.4 Å². The lowest BCUT2D eigenvalue weighted by atomic mass is 10.1. The van der Waals surface area contributed by atoms with Crippen LogP contribution in [0.4, 0.5) is 23.2 Å². The number of aryl methyl sites for hydroxylation is 1. The van der Waals surface area contributed by atoms with Crippen LogP contribution in [-0.2, 0) is 11.3 Å². The van der Waals surface area contributed by atoms with Gasteiger partial charge in [0.25, 0.3) is 12.9 Å². The van der Waals surface area contributed by atoms with E-state index in [0.717, 1.165) is 4.68 Å². The van der Waals surface area contributed by atoms with E-state index in [2.05, 4.69) is 15.4 Å². The Morgan fingerprint density at radius 1 is 1.11 bits per heavy atom. The number of halogens is 6. The number of hydrogen-bond acceptors (Lipinski definition) is 3. The number of hydrogen-bond donors (Lipinski definition) is 1. The molecule has 0 bridgehead atoms. The van der Waals surface area contributed by atoms with Gasteiger partial charge in [-0.1, -0.05) is 23.2 Å². The average molecular weight is 435 g/mol. The molecular weight excluding hydrogens is 423 g/mol. The molecule has 148 valence electrons. The number of nitrogens with zero attached hydrogens (tertiary/aromatic N) is 3. The third-order valence-corrected chi connectivity index (χ3v) is 4.26. The number of anilines is 1. The summed E-state index contributed by atoms with van der Waals surface area (Å²) in [4.78, 5) is 16.0. The van der Waals surface area contributed by atoms with Gasteiger partial charge in [-0.3, -0.25) is 4.79 Å². The molecule has 0 aliphatic carbocycles. The Labute approximate surface area is 166 Å². The van der Waals surface area contributed by atoms with Crippen molar-refractivity contribution >= 4 is 45.8 Å². The monoisotopic (exact) mass is 434 g/mol. The third-order valence-electron chi connectivity index (χ3n) is 3.83. The van der Waals surface area contributed by atoms with Gasteiger partial charge in [-0.25, -0.2) is 27.2 Å². The minimum absolute atomic E-state index is 0.0574. The number of alkyl halides is 4. The first-order chi connectivity index (χ1) is 13.2. The highest BCUT2D eigenvalue weighted by molar-refractivity contribution is 6.35. The molecular formula is C17H12Cl2F4N4O. The second-order valence-electron chi connectivity index (χ2n) is 5.89. The fourth-order valence-electron chi connectivity index (χ4n) is 2.76. The molecule has 0 aliphatic rings. The molecule has 11 heteroatoms. The largest absolute Gasteiger partial charge is 0.324 e. The van der Waals surface area contributed by atoms with Crippen LogP contribution in [0.3, 0.4) is 0 Å². The molecule has 1 aromatic carbocycles. The Hall–Kier alpha value is -2.39. The Bertz CT molecular complexity index is 1040. The van der Waals surface area contributed by atoms with Gasteiger partial charge in [0, 0.05) is 21.3 Å². The molecule has 3 rings (SSSR count). The zero-order valence-corrected chi connectivity index (χ0v) is 15.7. The molecule has 5 nitrogen and oxygen atoms in total. The molecule has 28 heavy (non-hydrogen) atoms. The summed E-state index contributed by atoms with van der Waals surface area (Å²) in [6.45, 7) is 1.000. The molecule has 0 spiro atoms. The highest BCUT2D eigenvalue weighted by atomic mass is 35.5. The van der Waals surface area contributed by atoms with E-state index in [0.29, 0.717) is 21.8 Å². The number of aromatic nitrogens is 3. The molecule has 0 unspecified atom stereocenters. The van der Waals surface area contributed by atoms with Gasteiger partial charge in [0.1, 0.15) is 12.2 Å². The fraction of sp³-hybridized carbons (Fsp3) is 0.235. The van der Waals surface area contributed by atoms with Crippen LogP contribution in [0.1, 0.15) is 29.8 Å². The lowest BCUT2D eigenvalue weighted by Gasteiger charge is -2.09. The van der Waals surface area contributed by atoms with Crippen molar-refractivity contribution in [3.63, 3.8) is 0 Å². The van der Waals surface area contributed by atoms with Crippen LogP contribution >= 0.6 is 23.2 Å². The molecule has 0 atom stereocenters. The van der Waals surface area contributed by atoms with E-state index >= 15 is 0 Å². The standard InChI is InChI=1S/C17H12Cl2F4N4O/c1-7-14-11(15(20)21)5-12(16(22)23)25-17(14)27(26-7)6-13(28)24-10-3-8(18)2-9(19)4-10/h2-5,15-16H,6H2,1H3,(H,24,28). The summed E-state index contributed by atoms with van der Waals surface area (Å²) in [5.74, 6) is -0.592. The van der Waals surface area contributed by atoms with Crippen molar-refractivity contribution in [1.82, 2.24) is 14.8 Å². The highest BCUT2D eigenvalue weighted by Gasteiger charge is 2.24. The molecule has 0 fully saturated rings. The number of amides is 1. The van der Waals surface area contributed by atoms with E-state index in [1.807, 2.05) is 0 Å². The first-order valence-corrected chi connectivity index (χ1v) is 8.61. The summed E-state index contributed by atoms with van der Waals surface area (Å²) >= 11 is 11.7. The SMILES string of the molecule is Cc1nn(CC(=O)Nc2cc(Cl)cc(Cl)c2)c2nc(C(F)F)cc(C(F)F)c12. The van der Waals surface area contributed by atoms with Gasteiger partial charge >= 0.3 is 0 Å². The number of pyridine rings is 1. The van der Waals surface area contributed by atoms with Gasteiger partial charge < -0.3 is 5.32 Å². The summed E-state index contributed by atoms with van der Waals surface area (Å²) in [5.41, 5.74) is -1.18. The summed E-state index contributed by atoms with van der Waals surface area (Å²) in [6.07, 6.45) is -6.05. The van der Waals surface area contributed by atoms with Crippen molar-refractivity contribution in [2.75, 3.05) is 5.32 Å². The Morgan fingerprint density at radius 2 is 1.75 bits per heavy atom. The average Bonchev–Trinajstić information content (AvgIpc) is 2.88. The second kappa shape index (κ2) is 7.92. The molecule has 3 aromatic rings. The van der Waals surface area contributed by atoms with Crippen LogP contribution in [-0.4, -0.2) is 20.7 Å². The number of rotatable bonds is 5. The van der Waals surface area contributed by atoms with E-state index < -0.39 is 36.6 Å². The fourth-order valence-corrected chi connectivity index (χ4v) is 3.29. The number of benzene rings is 1. The number of fused-ring (bicyclic) bond motifs is 1. The van der Waals surface area contributed by atoms with E-state index in [1.165, 1.54) is 25.1 Å². The predicted molar refractivity (Wildman–Crippen MR) is 97.3 cm³/mol. The highest BCUT2D eigenvalue weighted by Crippen LogP contribution is 2.32. The molecule has 1 N–H and O–H groups in total. The molecule has 0 radical (unpaired) electrons. The van der Waals surface area contributed by atoms with Crippen LogP contribution in [0.2, 0.25) is 10.0 Å². The topological polar surface area (TPSA) is 59.8 Å². The van der Waals surface area contributed by atoms with Crippen molar-refractivity contribution in [3.05, 3.63) is 51.3 Å². The smallest absolute Gasteiger partial charge is 0.280 e. The second-order valence-corrected chi connectivity index (χ2v) is 6.76. The van der Waals surface area contributed by atoms with Crippen LogP contribution in [0.15, 0.2) is 24.3 Å². The summed E-state index contributed by atoms with van der Waals surface area (Å²) in [5, 5.41) is 7.08. The molecule has 0 aliphatic heterocycles. The molecule has 0 saturated carbocycles. The van der Waals surface area contributed by atoms with Gasteiger partial charge in [-0.05, 0) is 31.2 Å². The molecule has 0 saturated heterocycles. The van der Waals surface area contributed by atoms with Crippen molar-refractivity contribution in [2.24, 2.45) is 0 Å². The van der Waals surface area contributed by atoms with Gasteiger partial charge in [-0.15, -0.1) is 0 Å². The lowest BCUT2D eigenvalue weighted by molar-refractivity contribution is -0.116. The summed E-state index contributed by atoms with van der Waals surface area (Å²) < 4.78 is 53.8. The molecule has 2 heterocycles. The minimum atomic E-state index is -3.05. The lowest BCUT2D eigenvalue weighted by Crippen LogP contribution is -2.20.